The molecule has 1 heterocycles. The number of thioether (sulfide) groups is 1. The van der Waals surface area contributed by atoms with Gasteiger partial charge < -0.3 is 15.3 Å². The van der Waals surface area contributed by atoms with Crippen LogP contribution in [-0.4, -0.2) is 51.3 Å². The number of urea groups is 1. The standard InChI is InChI=1S/C14H28N2O2S/c1-13(2,3)19-10-8-15-12(17)16-9-6-7-11(16)14(4,5)18/h11,18H,6-10H2,1-5H3,(H,15,17)/t11-/m0/s1. The van der Waals surface area contributed by atoms with E-state index in [9.17, 15) is 9.90 Å². The van der Waals surface area contributed by atoms with Crippen molar-refractivity contribution in [1.29, 1.82) is 0 Å². The van der Waals surface area contributed by atoms with E-state index in [2.05, 4.69) is 26.1 Å². The molecule has 1 fully saturated rings. The van der Waals surface area contributed by atoms with Gasteiger partial charge in [-0.1, -0.05) is 20.8 Å². The lowest BCUT2D eigenvalue weighted by Gasteiger charge is -2.33. The van der Waals surface area contributed by atoms with E-state index in [1.54, 1.807) is 18.7 Å². The smallest absolute Gasteiger partial charge is 0.317 e. The highest BCUT2D eigenvalue weighted by Crippen LogP contribution is 2.26. The molecule has 1 aliphatic heterocycles. The molecule has 1 aliphatic rings. The number of nitrogens with zero attached hydrogens (tertiary/aromatic N) is 1. The Morgan fingerprint density at radius 3 is 2.53 bits per heavy atom. The van der Waals surface area contributed by atoms with E-state index in [4.69, 9.17) is 0 Å². The van der Waals surface area contributed by atoms with Gasteiger partial charge in [0.15, 0.2) is 0 Å². The van der Waals surface area contributed by atoms with Crippen LogP contribution in [0.4, 0.5) is 4.79 Å². The van der Waals surface area contributed by atoms with Crippen molar-refractivity contribution < 1.29 is 9.90 Å². The molecule has 0 saturated carbocycles. The molecule has 0 aromatic heterocycles. The van der Waals surface area contributed by atoms with Gasteiger partial charge in [-0.3, -0.25) is 0 Å². The molecular formula is C14H28N2O2S. The van der Waals surface area contributed by atoms with E-state index < -0.39 is 5.60 Å². The minimum absolute atomic E-state index is 0.0425. The topological polar surface area (TPSA) is 52.6 Å². The van der Waals surface area contributed by atoms with Gasteiger partial charge in [0.05, 0.1) is 11.6 Å². The molecule has 1 rings (SSSR count). The Morgan fingerprint density at radius 2 is 2.00 bits per heavy atom. The molecule has 2 amide bonds. The Morgan fingerprint density at radius 1 is 1.37 bits per heavy atom. The van der Waals surface area contributed by atoms with Crippen LogP contribution in [0.25, 0.3) is 0 Å². The Bertz CT molecular complexity index is 308. The number of nitrogens with one attached hydrogen (secondary N) is 1. The Hall–Kier alpha value is -0.420. The first-order chi connectivity index (χ1) is 8.61. The first-order valence-electron chi connectivity index (χ1n) is 7.02. The maximum atomic E-state index is 12.1. The first-order valence-corrected chi connectivity index (χ1v) is 8.00. The lowest BCUT2D eigenvalue weighted by atomic mass is 9.97. The van der Waals surface area contributed by atoms with E-state index in [0.717, 1.165) is 25.1 Å². The molecule has 1 atom stereocenters. The summed E-state index contributed by atoms with van der Waals surface area (Å²) in [7, 11) is 0. The van der Waals surface area contributed by atoms with Crippen LogP contribution in [0.1, 0.15) is 47.5 Å². The number of hydrogen-bond donors (Lipinski definition) is 2. The number of rotatable bonds is 4. The molecule has 5 heteroatoms. The maximum Gasteiger partial charge on any atom is 0.317 e. The molecule has 0 bridgehead atoms. The van der Waals surface area contributed by atoms with Crippen molar-refractivity contribution in [3.05, 3.63) is 0 Å². The van der Waals surface area contributed by atoms with Crippen molar-refractivity contribution in [1.82, 2.24) is 10.2 Å². The number of likely N-dealkylation sites (tertiary alicyclic amines) is 1. The molecule has 0 spiro atoms. The predicted octanol–water partition coefficient (Wildman–Crippen LogP) is 2.46. The Labute approximate surface area is 121 Å². The van der Waals surface area contributed by atoms with Gasteiger partial charge in [0.1, 0.15) is 0 Å². The Kier molecular flexibility index (Phi) is 5.56. The second-order valence-corrected chi connectivity index (χ2v) is 8.62. The van der Waals surface area contributed by atoms with E-state index in [0.29, 0.717) is 6.54 Å². The highest BCUT2D eigenvalue weighted by atomic mass is 32.2. The molecule has 0 aromatic rings. The molecule has 4 nitrogen and oxygen atoms in total. The van der Waals surface area contributed by atoms with Crippen LogP contribution in [0.2, 0.25) is 0 Å². The summed E-state index contributed by atoms with van der Waals surface area (Å²) < 4.78 is 0.230. The van der Waals surface area contributed by atoms with Crippen LogP contribution < -0.4 is 5.32 Å². The molecule has 0 radical (unpaired) electrons. The minimum atomic E-state index is -0.825. The summed E-state index contributed by atoms with van der Waals surface area (Å²) in [5.41, 5.74) is -0.825. The maximum absolute atomic E-state index is 12.1. The number of carbonyl (C=O) groups is 1. The first kappa shape index (κ1) is 16.6. The van der Waals surface area contributed by atoms with Crippen molar-refractivity contribution in [2.45, 2.75) is 63.9 Å². The second kappa shape index (κ2) is 6.35. The lowest BCUT2D eigenvalue weighted by Crippen LogP contribution is -2.51. The van der Waals surface area contributed by atoms with Gasteiger partial charge in [-0.05, 0) is 26.7 Å². The normalized spacial score (nSPS) is 20.7. The SMILES string of the molecule is CC(C)(C)SCCNC(=O)N1CCC[C@H]1C(C)(C)O. The monoisotopic (exact) mass is 288 g/mol. The van der Waals surface area contributed by atoms with Crippen LogP contribution in [0.15, 0.2) is 0 Å². The number of amides is 2. The molecule has 0 aliphatic carbocycles. The molecule has 1 saturated heterocycles. The zero-order valence-electron chi connectivity index (χ0n) is 12.8. The van der Waals surface area contributed by atoms with E-state index >= 15 is 0 Å². The van der Waals surface area contributed by atoms with Crippen molar-refractivity contribution in [2.75, 3.05) is 18.8 Å². The van der Waals surface area contributed by atoms with Crippen LogP contribution in [0.5, 0.6) is 0 Å². The summed E-state index contributed by atoms with van der Waals surface area (Å²) in [6.07, 6.45) is 1.85. The van der Waals surface area contributed by atoms with Crippen LogP contribution in [0.3, 0.4) is 0 Å². The highest BCUT2D eigenvalue weighted by Gasteiger charge is 2.38. The summed E-state index contributed by atoms with van der Waals surface area (Å²) in [5, 5.41) is 13.0. The molecule has 0 unspecified atom stereocenters. The Balaban J connectivity index is 2.37. The molecule has 2 N–H and O–H groups in total. The van der Waals surface area contributed by atoms with Crippen molar-refractivity contribution >= 4 is 17.8 Å². The quantitative estimate of drug-likeness (QED) is 0.781. The van der Waals surface area contributed by atoms with Crippen molar-refractivity contribution in [2.24, 2.45) is 0 Å². The average Bonchev–Trinajstić information content (AvgIpc) is 2.71. The predicted molar refractivity (Wildman–Crippen MR) is 81.6 cm³/mol. The van der Waals surface area contributed by atoms with Gasteiger partial charge in [-0.15, -0.1) is 0 Å². The number of aliphatic hydroxyl groups is 1. The van der Waals surface area contributed by atoms with Crippen molar-refractivity contribution in [3.8, 4) is 0 Å². The third kappa shape index (κ3) is 5.61. The van der Waals surface area contributed by atoms with Crippen molar-refractivity contribution in [3.63, 3.8) is 0 Å². The van der Waals surface area contributed by atoms with E-state index in [1.165, 1.54) is 0 Å². The van der Waals surface area contributed by atoms with Crippen LogP contribution in [0, 0.1) is 0 Å². The average molecular weight is 288 g/mol. The van der Waals surface area contributed by atoms with E-state index in [-0.39, 0.29) is 16.8 Å². The largest absolute Gasteiger partial charge is 0.388 e. The van der Waals surface area contributed by atoms with Gasteiger partial charge in [-0.25, -0.2) is 4.79 Å². The van der Waals surface area contributed by atoms with E-state index in [1.807, 2.05) is 11.8 Å². The molecule has 19 heavy (non-hydrogen) atoms. The summed E-state index contributed by atoms with van der Waals surface area (Å²) in [5.74, 6) is 0.913. The van der Waals surface area contributed by atoms with Gasteiger partial charge in [0.25, 0.3) is 0 Å². The minimum Gasteiger partial charge on any atom is -0.388 e. The van der Waals surface area contributed by atoms with Crippen LogP contribution in [-0.2, 0) is 0 Å². The fourth-order valence-corrected chi connectivity index (χ4v) is 3.18. The fraction of sp³-hybridized carbons (Fsp3) is 0.929. The second-order valence-electron chi connectivity index (χ2n) is 6.70. The third-order valence-corrected chi connectivity index (χ3v) is 4.52. The van der Waals surface area contributed by atoms with Gasteiger partial charge in [0.2, 0.25) is 0 Å². The van der Waals surface area contributed by atoms with Gasteiger partial charge in [0, 0.05) is 23.6 Å². The zero-order chi connectivity index (χ0) is 14.7. The number of hydrogen-bond acceptors (Lipinski definition) is 3. The molecular weight excluding hydrogens is 260 g/mol. The molecule has 112 valence electrons. The fourth-order valence-electron chi connectivity index (χ4n) is 2.36. The zero-order valence-corrected chi connectivity index (χ0v) is 13.6. The van der Waals surface area contributed by atoms with Gasteiger partial charge in [-0.2, -0.15) is 11.8 Å². The highest BCUT2D eigenvalue weighted by molar-refractivity contribution is 8.00. The molecule has 0 aromatic carbocycles. The van der Waals surface area contributed by atoms with Gasteiger partial charge >= 0.3 is 6.03 Å². The number of carbonyl (C=O) groups excluding carboxylic acids is 1. The summed E-state index contributed by atoms with van der Waals surface area (Å²) in [6.45, 7) is 11.5. The summed E-state index contributed by atoms with van der Waals surface area (Å²) in [4.78, 5) is 13.9. The third-order valence-electron chi connectivity index (χ3n) is 3.24. The van der Waals surface area contributed by atoms with Crippen LogP contribution >= 0.6 is 11.8 Å². The summed E-state index contributed by atoms with van der Waals surface area (Å²) >= 11 is 1.84. The lowest BCUT2D eigenvalue weighted by molar-refractivity contribution is 0.00991. The summed E-state index contributed by atoms with van der Waals surface area (Å²) in [6, 6.07) is -0.109.